The number of benzene rings is 1. The lowest BCUT2D eigenvalue weighted by atomic mass is 9.82. The SMILES string of the molecule is CC1(C)CCSCC1Nc1ccc(Br)c([N+](=O)[O-])c1. The Labute approximate surface area is 125 Å². The zero-order chi connectivity index (χ0) is 14.0. The van der Waals surface area contributed by atoms with Crippen molar-refractivity contribution in [2.75, 3.05) is 16.8 Å². The van der Waals surface area contributed by atoms with Gasteiger partial charge in [0.15, 0.2) is 0 Å². The number of nitro groups is 1. The highest BCUT2D eigenvalue weighted by Gasteiger charge is 2.32. The fraction of sp³-hybridized carbons (Fsp3) is 0.538. The molecule has 6 heteroatoms. The first kappa shape index (κ1) is 14.7. The molecule has 0 spiro atoms. The third kappa shape index (κ3) is 3.42. The Morgan fingerprint density at radius 2 is 2.26 bits per heavy atom. The van der Waals surface area contributed by atoms with Gasteiger partial charge < -0.3 is 5.32 Å². The van der Waals surface area contributed by atoms with E-state index in [2.05, 4.69) is 35.1 Å². The number of nitrogens with zero attached hydrogens (tertiary/aromatic N) is 1. The molecule has 0 amide bonds. The van der Waals surface area contributed by atoms with Crippen LogP contribution in [-0.2, 0) is 0 Å². The van der Waals surface area contributed by atoms with Crippen LogP contribution in [0.4, 0.5) is 11.4 Å². The van der Waals surface area contributed by atoms with Crippen molar-refractivity contribution in [3.8, 4) is 0 Å². The molecule has 1 aromatic rings. The van der Waals surface area contributed by atoms with Crippen molar-refractivity contribution in [2.45, 2.75) is 26.3 Å². The predicted molar refractivity (Wildman–Crippen MR) is 83.9 cm³/mol. The molecule has 1 aliphatic rings. The summed E-state index contributed by atoms with van der Waals surface area (Å²) in [5.41, 5.74) is 1.13. The Balaban J connectivity index is 2.19. The molecule has 0 aromatic heterocycles. The summed E-state index contributed by atoms with van der Waals surface area (Å²) in [5, 5.41) is 14.4. The number of nitrogens with one attached hydrogen (secondary N) is 1. The fourth-order valence-electron chi connectivity index (χ4n) is 2.12. The zero-order valence-electron chi connectivity index (χ0n) is 11.0. The molecule has 0 bridgehead atoms. The van der Waals surface area contributed by atoms with Gasteiger partial charge in [0.05, 0.1) is 9.40 Å². The molecule has 19 heavy (non-hydrogen) atoms. The monoisotopic (exact) mass is 344 g/mol. The van der Waals surface area contributed by atoms with Crippen molar-refractivity contribution >= 4 is 39.1 Å². The Morgan fingerprint density at radius 3 is 2.89 bits per heavy atom. The summed E-state index contributed by atoms with van der Waals surface area (Å²) in [6.07, 6.45) is 1.16. The van der Waals surface area contributed by atoms with E-state index in [4.69, 9.17) is 0 Å². The van der Waals surface area contributed by atoms with Crippen LogP contribution in [0.25, 0.3) is 0 Å². The molecule has 104 valence electrons. The minimum Gasteiger partial charge on any atom is -0.381 e. The third-order valence-corrected chi connectivity index (χ3v) is 5.33. The van der Waals surface area contributed by atoms with Crippen molar-refractivity contribution in [1.82, 2.24) is 0 Å². The van der Waals surface area contributed by atoms with Gasteiger partial charge in [0, 0.05) is 23.5 Å². The second kappa shape index (κ2) is 5.71. The Kier molecular flexibility index (Phi) is 4.40. The van der Waals surface area contributed by atoms with E-state index in [0.717, 1.165) is 17.9 Å². The average molecular weight is 345 g/mol. The molecule has 1 heterocycles. The van der Waals surface area contributed by atoms with E-state index in [9.17, 15) is 10.1 Å². The van der Waals surface area contributed by atoms with Crippen molar-refractivity contribution in [3.05, 3.63) is 32.8 Å². The Hall–Kier alpha value is -0.750. The molecule has 1 fully saturated rings. The molecule has 1 aromatic carbocycles. The van der Waals surface area contributed by atoms with Crippen LogP contribution in [0.2, 0.25) is 0 Å². The van der Waals surface area contributed by atoms with Gasteiger partial charge in [-0.05, 0) is 45.7 Å². The van der Waals surface area contributed by atoms with Crippen molar-refractivity contribution in [3.63, 3.8) is 0 Å². The molecule has 0 aliphatic carbocycles. The maximum Gasteiger partial charge on any atom is 0.285 e. The second-order valence-electron chi connectivity index (χ2n) is 5.43. The molecule has 1 N–H and O–H groups in total. The highest BCUT2D eigenvalue weighted by Crippen LogP contribution is 2.37. The van der Waals surface area contributed by atoms with Crippen LogP contribution in [-0.4, -0.2) is 22.5 Å². The van der Waals surface area contributed by atoms with Gasteiger partial charge in [-0.2, -0.15) is 11.8 Å². The van der Waals surface area contributed by atoms with Gasteiger partial charge in [0.1, 0.15) is 0 Å². The maximum absolute atomic E-state index is 10.9. The largest absolute Gasteiger partial charge is 0.381 e. The molecule has 1 unspecified atom stereocenters. The Morgan fingerprint density at radius 1 is 1.53 bits per heavy atom. The van der Waals surface area contributed by atoms with Gasteiger partial charge in [0.2, 0.25) is 0 Å². The highest BCUT2D eigenvalue weighted by atomic mass is 79.9. The van der Waals surface area contributed by atoms with Crippen molar-refractivity contribution < 1.29 is 4.92 Å². The van der Waals surface area contributed by atoms with Gasteiger partial charge in [-0.3, -0.25) is 10.1 Å². The number of hydrogen-bond acceptors (Lipinski definition) is 4. The van der Waals surface area contributed by atoms with Crippen LogP contribution in [0.5, 0.6) is 0 Å². The number of halogens is 1. The molecular formula is C13H17BrN2O2S. The van der Waals surface area contributed by atoms with Crippen LogP contribution >= 0.6 is 27.7 Å². The van der Waals surface area contributed by atoms with Crippen LogP contribution in [0, 0.1) is 15.5 Å². The molecule has 2 rings (SSSR count). The number of anilines is 1. The van der Waals surface area contributed by atoms with Gasteiger partial charge in [-0.15, -0.1) is 0 Å². The first-order valence-electron chi connectivity index (χ1n) is 6.18. The summed E-state index contributed by atoms with van der Waals surface area (Å²) in [6.45, 7) is 4.50. The standard InChI is InChI=1S/C13H17BrN2O2S/c1-13(2)5-6-19-8-12(13)15-9-3-4-10(14)11(7-9)16(17)18/h3-4,7,12,15H,5-6,8H2,1-2H3. The van der Waals surface area contributed by atoms with E-state index < -0.39 is 0 Å². The minimum absolute atomic E-state index is 0.103. The first-order valence-corrected chi connectivity index (χ1v) is 8.13. The smallest absolute Gasteiger partial charge is 0.285 e. The summed E-state index contributed by atoms with van der Waals surface area (Å²) in [4.78, 5) is 10.6. The molecule has 0 radical (unpaired) electrons. The average Bonchev–Trinajstić information content (AvgIpc) is 2.33. The summed E-state index contributed by atoms with van der Waals surface area (Å²) in [7, 11) is 0. The summed E-state index contributed by atoms with van der Waals surface area (Å²) < 4.78 is 0.514. The van der Waals surface area contributed by atoms with E-state index in [-0.39, 0.29) is 16.0 Å². The lowest BCUT2D eigenvalue weighted by Gasteiger charge is -2.39. The number of hydrogen-bond donors (Lipinski definition) is 1. The van der Waals surface area contributed by atoms with Crippen LogP contribution in [0.1, 0.15) is 20.3 Å². The lowest BCUT2D eigenvalue weighted by Crippen LogP contribution is -2.41. The lowest BCUT2D eigenvalue weighted by molar-refractivity contribution is -0.385. The van der Waals surface area contributed by atoms with Crippen molar-refractivity contribution in [1.29, 1.82) is 0 Å². The predicted octanol–water partition coefficient (Wildman–Crippen LogP) is 4.30. The second-order valence-corrected chi connectivity index (χ2v) is 7.44. The number of rotatable bonds is 3. The van der Waals surface area contributed by atoms with Crippen LogP contribution in [0.15, 0.2) is 22.7 Å². The summed E-state index contributed by atoms with van der Waals surface area (Å²) >= 11 is 5.14. The van der Waals surface area contributed by atoms with Gasteiger partial charge in [0.25, 0.3) is 5.69 Å². The number of thioether (sulfide) groups is 1. The summed E-state index contributed by atoms with van der Waals surface area (Å²) in [6, 6.07) is 5.54. The molecule has 1 aliphatic heterocycles. The van der Waals surface area contributed by atoms with Crippen LogP contribution in [0.3, 0.4) is 0 Å². The summed E-state index contributed by atoms with van der Waals surface area (Å²) in [5.74, 6) is 2.22. The van der Waals surface area contributed by atoms with Gasteiger partial charge in [-0.1, -0.05) is 13.8 Å². The third-order valence-electron chi connectivity index (χ3n) is 3.60. The van der Waals surface area contributed by atoms with E-state index in [1.54, 1.807) is 12.1 Å². The topological polar surface area (TPSA) is 55.2 Å². The van der Waals surface area contributed by atoms with Crippen molar-refractivity contribution in [2.24, 2.45) is 5.41 Å². The highest BCUT2D eigenvalue weighted by molar-refractivity contribution is 9.10. The number of nitro benzene ring substituents is 1. The van der Waals surface area contributed by atoms with Crippen LogP contribution < -0.4 is 5.32 Å². The molecule has 1 atom stereocenters. The Bertz CT molecular complexity index is 494. The van der Waals surface area contributed by atoms with Gasteiger partial charge in [-0.25, -0.2) is 0 Å². The molecule has 4 nitrogen and oxygen atoms in total. The van der Waals surface area contributed by atoms with E-state index in [1.165, 1.54) is 5.75 Å². The molecule has 0 saturated carbocycles. The zero-order valence-corrected chi connectivity index (χ0v) is 13.4. The molecule has 1 saturated heterocycles. The minimum atomic E-state index is -0.365. The van der Waals surface area contributed by atoms with E-state index >= 15 is 0 Å². The molecular weight excluding hydrogens is 328 g/mol. The van der Waals surface area contributed by atoms with E-state index in [1.807, 2.05) is 17.8 Å². The van der Waals surface area contributed by atoms with E-state index in [0.29, 0.717) is 10.5 Å². The maximum atomic E-state index is 10.9. The fourth-order valence-corrected chi connectivity index (χ4v) is 4.12. The first-order chi connectivity index (χ1) is 8.90. The normalized spacial score (nSPS) is 21.9. The van der Waals surface area contributed by atoms with Gasteiger partial charge >= 0.3 is 0 Å². The quantitative estimate of drug-likeness (QED) is 0.655.